The van der Waals surface area contributed by atoms with E-state index in [2.05, 4.69) is 20.1 Å². The predicted molar refractivity (Wildman–Crippen MR) is 67.8 cm³/mol. The number of esters is 1. The first-order valence-electron chi connectivity index (χ1n) is 6.68. The van der Waals surface area contributed by atoms with E-state index in [1.54, 1.807) is 0 Å². The fraction of sp³-hybridized carbons (Fsp3) is 0.667. The molecule has 3 heteroatoms. The van der Waals surface area contributed by atoms with Gasteiger partial charge in [0.2, 0.25) is 0 Å². The third-order valence-corrected chi connectivity index (χ3v) is 5.37. The Hall–Kier alpha value is -1.09. The number of hydrogen-bond donors (Lipinski definition) is 1. The molecule has 2 saturated carbocycles. The molecule has 0 unspecified atom stereocenters. The van der Waals surface area contributed by atoms with Gasteiger partial charge in [-0.1, -0.05) is 20.1 Å². The van der Waals surface area contributed by atoms with Gasteiger partial charge in [0.1, 0.15) is 6.10 Å². The Labute approximate surface area is 108 Å². The fourth-order valence-corrected chi connectivity index (χ4v) is 4.07. The van der Waals surface area contributed by atoms with Crippen molar-refractivity contribution in [3.63, 3.8) is 0 Å². The van der Waals surface area contributed by atoms with Crippen LogP contribution in [0.1, 0.15) is 39.0 Å². The van der Waals surface area contributed by atoms with E-state index in [4.69, 9.17) is 4.74 Å². The number of rotatable bonds is 0. The second kappa shape index (κ2) is 3.47. The van der Waals surface area contributed by atoms with Crippen LogP contribution in [0.5, 0.6) is 0 Å². The van der Waals surface area contributed by atoms with Crippen LogP contribution in [0.15, 0.2) is 24.3 Å². The van der Waals surface area contributed by atoms with E-state index in [0.717, 1.165) is 31.3 Å². The van der Waals surface area contributed by atoms with Crippen molar-refractivity contribution in [1.29, 1.82) is 0 Å². The molecule has 3 aliphatic rings. The average Bonchev–Trinajstić information content (AvgIpc) is 2.55. The summed E-state index contributed by atoms with van der Waals surface area (Å²) < 4.78 is 5.39. The molecule has 0 spiro atoms. The van der Waals surface area contributed by atoms with Gasteiger partial charge in [-0.2, -0.15) is 0 Å². The van der Waals surface area contributed by atoms with Gasteiger partial charge >= 0.3 is 5.97 Å². The number of ether oxygens (including phenoxy) is 1. The monoisotopic (exact) mass is 248 g/mol. The van der Waals surface area contributed by atoms with Crippen LogP contribution >= 0.6 is 0 Å². The molecule has 1 saturated heterocycles. The Morgan fingerprint density at radius 2 is 2.11 bits per heavy atom. The van der Waals surface area contributed by atoms with Gasteiger partial charge in [0, 0.05) is 16.9 Å². The van der Waals surface area contributed by atoms with E-state index in [1.165, 1.54) is 0 Å². The molecule has 18 heavy (non-hydrogen) atoms. The van der Waals surface area contributed by atoms with Crippen molar-refractivity contribution in [2.45, 2.75) is 50.7 Å². The standard InChI is InChI=1S/C15H20O3/c1-9-5-4-6-14(3)8-12-11(7-15(9,14)17)10(2)13(16)18-12/h11-12,17H,1-2,4-8H2,3H3/t11-,12-,14+,15+/m1/s1. The minimum Gasteiger partial charge on any atom is -0.458 e. The van der Waals surface area contributed by atoms with Crippen LogP contribution in [0.2, 0.25) is 0 Å². The summed E-state index contributed by atoms with van der Waals surface area (Å²) in [6, 6.07) is 0. The maximum absolute atomic E-state index is 11.6. The Morgan fingerprint density at radius 1 is 1.39 bits per heavy atom. The Balaban J connectivity index is 2.00. The molecule has 98 valence electrons. The molecule has 3 rings (SSSR count). The Morgan fingerprint density at radius 3 is 2.83 bits per heavy atom. The zero-order valence-corrected chi connectivity index (χ0v) is 10.9. The Bertz CT molecular complexity index is 453. The maximum atomic E-state index is 11.6. The smallest absolute Gasteiger partial charge is 0.334 e. The first kappa shape index (κ1) is 12.0. The number of carbonyl (C=O) groups excluding carboxylic acids is 1. The van der Waals surface area contributed by atoms with E-state index in [0.29, 0.717) is 12.0 Å². The predicted octanol–water partition coefficient (Wildman–Crippen LogP) is 2.36. The van der Waals surface area contributed by atoms with Crippen LogP contribution in [-0.2, 0) is 9.53 Å². The molecule has 0 aromatic carbocycles. The summed E-state index contributed by atoms with van der Waals surface area (Å²) in [7, 11) is 0. The first-order valence-corrected chi connectivity index (χ1v) is 6.68. The third-order valence-electron chi connectivity index (χ3n) is 5.37. The first-order chi connectivity index (χ1) is 8.37. The van der Waals surface area contributed by atoms with Crippen LogP contribution in [0.4, 0.5) is 0 Å². The Kier molecular flexibility index (Phi) is 2.31. The lowest BCUT2D eigenvalue weighted by Gasteiger charge is -2.55. The van der Waals surface area contributed by atoms with Crippen molar-refractivity contribution in [2.75, 3.05) is 0 Å². The summed E-state index contributed by atoms with van der Waals surface area (Å²) in [6.45, 7) is 9.99. The average molecular weight is 248 g/mol. The highest BCUT2D eigenvalue weighted by Crippen LogP contribution is 2.58. The fourth-order valence-electron chi connectivity index (χ4n) is 4.07. The minimum absolute atomic E-state index is 0.0366. The van der Waals surface area contributed by atoms with E-state index < -0.39 is 5.60 Å². The molecular formula is C15H20O3. The molecule has 1 heterocycles. The zero-order chi connectivity index (χ0) is 13.1. The van der Waals surface area contributed by atoms with Crippen molar-refractivity contribution >= 4 is 5.97 Å². The van der Waals surface area contributed by atoms with Gasteiger partial charge < -0.3 is 9.84 Å². The molecule has 0 aromatic rings. The van der Waals surface area contributed by atoms with Crippen LogP contribution < -0.4 is 0 Å². The quantitative estimate of drug-likeness (QED) is 0.406. The van der Waals surface area contributed by atoms with Gasteiger partial charge in [-0.3, -0.25) is 0 Å². The lowest BCUT2D eigenvalue weighted by Crippen LogP contribution is -2.57. The molecule has 2 aliphatic carbocycles. The van der Waals surface area contributed by atoms with Crippen molar-refractivity contribution < 1.29 is 14.6 Å². The lowest BCUT2D eigenvalue weighted by atomic mass is 9.53. The van der Waals surface area contributed by atoms with E-state index >= 15 is 0 Å². The van der Waals surface area contributed by atoms with Crippen molar-refractivity contribution in [3.05, 3.63) is 24.3 Å². The van der Waals surface area contributed by atoms with Crippen LogP contribution in [0.25, 0.3) is 0 Å². The summed E-state index contributed by atoms with van der Waals surface area (Å²) in [6.07, 6.45) is 4.07. The summed E-state index contributed by atoms with van der Waals surface area (Å²) in [5.74, 6) is -0.327. The molecule has 4 atom stereocenters. The summed E-state index contributed by atoms with van der Waals surface area (Å²) in [5.41, 5.74) is 0.369. The second-order valence-electron chi connectivity index (χ2n) is 6.36. The highest BCUT2D eigenvalue weighted by Gasteiger charge is 2.60. The van der Waals surface area contributed by atoms with Crippen LogP contribution in [0.3, 0.4) is 0 Å². The molecule has 0 aromatic heterocycles. The van der Waals surface area contributed by atoms with E-state index in [9.17, 15) is 9.90 Å². The highest BCUT2D eigenvalue weighted by atomic mass is 16.6. The molecule has 1 aliphatic heterocycles. The van der Waals surface area contributed by atoms with Crippen LogP contribution in [0, 0.1) is 11.3 Å². The summed E-state index contributed by atoms with van der Waals surface area (Å²) in [5, 5.41) is 11.1. The van der Waals surface area contributed by atoms with E-state index in [-0.39, 0.29) is 23.4 Å². The van der Waals surface area contributed by atoms with Gasteiger partial charge in [-0.25, -0.2) is 4.79 Å². The normalized spacial score (nSPS) is 47.6. The molecule has 0 amide bonds. The molecule has 0 radical (unpaired) electrons. The topological polar surface area (TPSA) is 46.5 Å². The van der Waals surface area contributed by atoms with Gasteiger partial charge in [-0.15, -0.1) is 0 Å². The lowest BCUT2D eigenvalue weighted by molar-refractivity contribution is -0.155. The highest BCUT2D eigenvalue weighted by molar-refractivity contribution is 5.91. The number of aliphatic hydroxyl groups is 1. The molecular weight excluding hydrogens is 228 g/mol. The third kappa shape index (κ3) is 1.31. The zero-order valence-electron chi connectivity index (χ0n) is 10.9. The largest absolute Gasteiger partial charge is 0.458 e. The van der Waals surface area contributed by atoms with Gasteiger partial charge in [0.05, 0.1) is 5.60 Å². The second-order valence-corrected chi connectivity index (χ2v) is 6.36. The minimum atomic E-state index is -0.858. The maximum Gasteiger partial charge on any atom is 0.334 e. The molecule has 0 bridgehead atoms. The van der Waals surface area contributed by atoms with Gasteiger partial charge in [0.15, 0.2) is 0 Å². The summed E-state index contributed by atoms with van der Waals surface area (Å²) >= 11 is 0. The molecule has 3 nitrogen and oxygen atoms in total. The number of fused-ring (bicyclic) bond motifs is 2. The van der Waals surface area contributed by atoms with Crippen molar-refractivity contribution in [1.82, 2.24) is 0 Å². The molecule has 1 N–H and O–H groups in total. The molecule has 3 fully saturated rings. The van der Waals surface area contributed by atoms with Gasteiger partial charge in [-0.05, 0) is 37.7 Å². The van der Waals surface area contributed by atoms with Crippen molar-refractivity contribution in [2.24, 2.45) is 11.3 Å². The van der Waals surface area contributed by atoms with Crippen LogP contribution in [-0.4, -0.2) is 22.8 Å². The summed E-state index contributed by atoms with van der Waals surface area (Å²) in [4.78, 5) is 11.6. The van der Waals surface area contributed by atoms with Gasteiger partial charge in [0.25, 0.3) is 0 Å². The number of hydrogen-bond acceptors (Lipinski definition) is 3. The number of carbonyl (C=O) groups is 1. The van der Waals surface area contributed by atoms with E-state index in [1.807, 2.05) is 0 Å². The van der Waals surface area contributed by atoms with Crippen molar-refractivity contribution in [3.8, 4) is 0 Å². The SMILES string of the molecule is C=C1C(=O)O[C@@H]2C[C@]3(C)CCCC(=C)[C@@]3(O)C[C@H]12.